The van der Waals surface area contributed by atoms with E-state index in [0.29, 0.717) is 5.75 Å². The van der Waals surface area contributed by atoms with Crippen LogP contribution in [0.3, 0.4) is 0 Å². The third-order valence-corrected chi connectivity index (χ3v) is 4.16. The van der Waals surface area contributed by atoms with Crippen molar-refractivity contribution >= 4 is 5.96 Å². The van der Waals surface area contributed by atoms with Crippen LogP contribution in [-0.4, -0.2) is 42.6 Å². The van der Waals surface area contributed by atoms with Crippen LogP contribution in [0.1, 0.15) is 31.7 Å². The number of phenolic OH excluding ortho intramolecular Hbond substituents is 1. The molecule has 1 aliphatic rings. The number of likely N-dealkylation sites (tertiary alicyclic amines) is 1. The van der Waals surface area contributed by atoms with Gasteiger partial charge in [0.05, 0.1) is 0 Å². The molecule has 4 nitrogen and oxygen atoms in total. The predicted octanol–water partition coefficient (Wildman–Crippen LogP) is 2.63. The van der Waals surface area contributed by atoms with Gasteiger partial charge in [-0.15, -0.1) is 0 Å². The Morgan fingerprint density at radius 3 is 2.57 bits per heavy atom. The second-order valence-corrected chi connectivity index (χ2v) is 5.91. The van der Waals surface area contributed by atoms with Gasteiger partial charge in [0.2, 0.25) is 0 Å². The number of aromatic hydroxyl groups is 1. The number of guanidine groups is 1. The van der Waals surface area contributed by atoms with E-state index in [-0.39, 0.29) is 0 Å². The molecule has 0 unspecified atom stereocenters. The van der Waals surface area contributed by atoms with Gasteiger partial charge in [0.25, 0.3) is 0 Å². The van der Waals surface area contributed by atoms with Crippen molar-refractivity contribution in [2.75, 3.05) is 26.7 Å². The molecule has 2 N–H and O–H groups in total. The van der Waals surface area contributed by atoms with Gasteiger partial charge in [-0.25, -0.2) is 0 Å². The molecule has 2 rings (SSSR count). The van der Waals surface area contributed by atoms with Gasteiger partial charge in [-0.3, -0.25) is 4.99 Å². The molecule has 1 aliphatic heterocycles. The lowest BCUT2D eigenvalue weighted by Crippen LogP contribution is -2.45. The van der Waals surface area contributed by atoms with Crippen molar-refractivity contribution in [2.24, 2.45) is 10.9 Å². The molecule has 0 aliphatic carbocycles. The number of hydrogen-bond donors (Lipinski definition) is 2. The second-order valence-electron chi connectivity index (χ2n) is 5.91. The number of hydrogen-bond acceptors (Lipinski definition) is 2. The van der Waals surface area contributed by atoms with Crippen LogP contribution in [0, 0.1) is 5.92 Å². The summed E-state index contributed by atoms with van der Waals surface area (Å²) >= 11 is 0. The number of piperidine rings is 1. The summed E-state index contributed by atoms with van der Waals surface area (Å²) in [5.74, 6) is 2.21. The molecule has 0 atom stereocenters. The standard InChI is InChI=1S/C17H27N3O/c1-14-9-12-20(13-10-14)17(18-2)19-11-3-4-15-5-7-16(21)8-6-15/h5-8,14,21H,3-4,9-13H2,1-2H3,(H,18,19). The molecule has 1 aromatic carbocycles. The van der Waals surface area contributed by atoms with E-state index in [1.54, 1.807) is 12.1 Å². The van der Waals surface area contributed by atoms with Gasteiger partial charge in [0.1, 0.15) is 5.75 Å². The fraction of sp³-hybridized carbons (Fsp3) is 0.588. The molecule has 1 aromatic rings. The van der Waals surface area contributed by atoms with Crippen molar-refractivity contribution in [3.63, 3.8) is 0 Å². The molecule has 0 amide bonds. The first-order valence-electron chi connectivity index (χ1n) is 7.92. The molecule has 0 spiro atoms. The molecule has 21 heavy (non-hydrogen) atoms. The lowest BCUT2D eigenvalue weighted by Gasteiger charge is -2.32. The van der Waals surface area contributed by atoms with Gasteiger partial charge < -0.3 is 15.3 Å². The summed E-state index contributed by atoms with van der Waals surface area (Å²) in [6.07, 6.45) is 4.60. The number of aryl methyl sites for hydroxylation is 1. The van der Waals surface area contributed by atoms with Gasteiger partial charge in [0.15, 0.2) is 5.96 Å². The molecule has 0 saturated carbocycles. The van der Waals surface area contributed by atoms with Gasteiger partial charge in [-0.2, -0.15) is 0 Å². The minimum Gasteiger partial charge on any atom is -0.508 e. The maximum absolute atomic E-state index is 9.26. The van der Waals surface area contributed by atoms with Crippen LogP contribution in [-0.2, 0) is 6.42 Å². The minimum atomic E-state index is 0.330. The quantitative estimate of drug-likeness (QED) is 0.509. The van der Waals surface area contributed by atoms with Crippen LogP contribution in [0.15, 0.2) is 29.3 Å². The number of nitrogens with one attached hydrogen (secondary N) is 1. The van der Waals surface area contributed by atoms with Crippen LogP contribution in [0.25, 0.3) is 0 Å². The first-order valence-corrected chi connectivity index (χ1v) is 7.92. The summed E-state index contributed by atoms with van der Waals surface area (Å²) in [6.45, 7) is 5.47. The summed E-state index contributed by atoms with van der Waals surface area (Å²) < 4.78 is 0. The average Bonchev–Trinajstić information content (AvgIpc) is 2.50. The first-order chi connectivity index (χ1) is 10.2. The number of aliphatic imine (C=N–C) groups is 1. The van der Waals surface area contributed by atoms with E-state index in [2.05, 4.69) is 22.1 Å². The Balaban J connectivity index is 1.70. The van der Waals surface area contributed by atoms with Gasteiger partial charge >= 0.3 is 0 Å². The van der Waals surface area contributed by atoms with Crippen molar-refractivity contribution < 1.29 is 5.11 Å². The van der Waals surface area contributed by atoms with Crippen LogP contribution < -0.4 is 5.32 Å². The minimum absolute atomic E-state index is 0.330. The van der Waals surface area contributed by atoms with Gasteiger partial charge in [-0.05, 0) is 49.3 Å². The van der Waals surface area contributed by atoms with E-state index in [4.69, 9.17) is 0 Å². The normalized spacial score (nSPS) is 17.0. The Morgan fingerprint density at radius 1 is 1.29 bits per heavy atom. The molecule has 0 radical (unpaired) electrons. The van der Waals surface area contributed by atoms with E-state index < -0.39 is 0 Å². The fourth-order valence-electron chi connectivity index (χ4n) is 2.71. The number of phenols is 1. The molecule has 1 fully saturated rings. The van der Waals surface area contributed by atoms with E-state index in [1.165, 1.54) is 18.4 Å². The highest BCUT2D eigenvalue weighted by Crippen LogP contribution is 2.16. The van der Waals surface area contributed by atoms with Crippen molar-refractivity contribution in [2.45, 2.75) is 32.6 Å². The highest BCUT2D eigenvalue weighted by Gasteiger charge is 2.18. The zero-order valence-corrected chi connectivity index (χ0v) is 13.2. The van der Waals surface area contributed by atoms with E-state index in [0.717, 1.165) is 44.4 Å². The smallest absolute Gasteiger partial charge is 0.193 e. The molecule has 4 heteroatoms. The SMILES string of the molecule is CN=C(NCCCc1ccc(O)cc1)N1CCC(C)CC1. The lowest BCUT2D eigenvalue weighted by molar-refractivity contribution is 0.273. The molecule has 1 saturated heterocycles. The van der Waals surface area contributed by atoms with E-state index in [9.17, 15) is 5.11 Å². The van der Waals surface area contributed by atoms with E-state index in [1.807, 2.05) is 19.2 Å². The molecule has 1 heterocycles. The van der Waals surface area contributed by atoms with Crippen LogP contribution in [0.4, 0.5) is 0 Å². The van der Waals surface area contributed by atoms with Crippen LogP contribution in [0.2, 0.25) is 0 Å². The highest BCUT2D eigenvalue weighted by atomic mass is 16.3. The fourth-order valence-corrected chi connectivity index (χ4v) is 2.71. The third kappa shape index (κ3) is 4.96. The number of nitrogens with zero attached hydrogens (tertiary/aromatic N) is 2. The van der Waals surface area contributed by atoms with Crippen molar-refractivity contribution in [1.82, 2.24) is 10.2 Å². The zero-order chi connectivity index (χ0) is 15.1. The Morgan fingerprint density at radius 2 is 1.95 bits per heavy atom. The summed E-state index contributed by atoms with van der Waals surface area (Å²) in [4.78, 5) is 6.75. The maximum atomic E-state index is 9.26. The van der Waals surface area contributed by atoms with E-state index >= 15 is 0 Å². The summed E-state index contributed by atoms with van der Waals surface area (Å²) in [6, 6.07) is 7.46. The predicted molar refractivity (Wildman–Crippen MR) is 87.8 cm³/mol. The zero-order valence-electron chi connectivity index (χ0n) is 13.2. The van der Waals surface area contributed by atoms with Gasteiger partial charge in [0, 0.05) is 26.7 Å². The molecule has 0 aromatic heterocycles. The summed E-state index contributed by atoms with van der Waals surface area (Å²) in [5, 5.41) is 12.7. The monoisotopic (exact) mass is 289 g/mol. The summed E-state index contributed by atoms with van der Waals surface area (Å²) in [7, 11) is 1.86. The molecular weight excluding hydrogens is 262 g/mol. The molecule has 0 bridgehead atoms. The summed E-state index contributed by atoms with van der Waals surface area (Å²) in [5.41, 5.74) is 1.26. The van der Waals surface area contributed by atoms with Crippen LogP contribution in [0.5, 0.6) is 5.75 Å². The van der Waals surface area contributed by atoms with Crippen LogP contribution >= 0.6 is 0 Å². The largest absolute Gasteiger partial charge is 0.508 e. The van der Waals surface area contributed by atoms with Gasteiger partial charge in [-0.1, -0.05) is 19.1 Å². The van der Waals surface area contributed by atoms with Crippen molar-refractivity contribution in [3.8, 4) is 5.75 Å². The Kier molecular flexibility index (Phi) is 5.90. The molecular formula is C17H27N3O. The van der Waals surface area contributed by atoms with Crippen molar-refractivity contribution in [1.29, 1.82) is 0 Å². The highest BCUT2D eigenvalue weighted by molar-refractivity contribution is 5.79. The molecule has 116 valence electrons. The maximum Gasteiger partial charge on any atom is 0.193 e. The first kappa shape index (κ1) is 15.7. The topological polar surface area (TPSA) is 47.9 Å². The Bertz CT molecular complexity index is 448. The number of rotatable bonds is 4. The third-order valence-electron chi connectivity index (χ3n) is 4.16. The van der Waals surface area contributed by atoms with Crippen molar-refractivity contribution in [3.05, 3.63) is 29.8 Å². The second kappa shape index (κ2) is 7.91. The lowest BCUT2D eigenvalue weighted by atomic mass is 10.00. The Labute approximate surface area is 127 Å². The average molecular weight is 289 g/mol. The number of benzene rings is 1. The Hall–Kier alpha value is -1.71.